The number of ether oxygens (including phenoxy) is 3. The molecule has 0 amide bonds. The first-order chi connectivity index (χ1) is 16.6. The molecule has 1 N–H and O–H groups in total. The topological polar surface area (TPSA) is 99.1 Å². The van der Waals surface area contributed by atoms with Gasteiger partial charge in [0.15, 0.2) is 0 Å². The van der Waals surface area contributed by atoms with E-state index < -0.39 is 35.1 Å². The molecule has 0 aromatic heterocycles. The number of hydrogen-bond donors (Lipinski definition) is 1. The number of fused-ring (bicyclic) bond motifs is 3. The zero-order chi connectivity index (χ0) is 27.2. The molecular formula is C29H44O7. The molecule has 0 spiro atoms. The fourth-order valence-electron chi connectivity index (χ4n) is 7.00. The van der Waals surface area contributed by atoms with Crippen molar-refractivity contribution < 1.29 is 33.7 Å². The van der Waals surface area contributed by atoms with E-state index in [-0.39, 0.29) is 35.8 Å². The number of carbonyl (C=O) groups is 3. The molecule has 0 saturated heterocycles. The van der Waals surface area contributed by atoms with Gasteiger partial charge in [-0.15, -0.1) is 0 Å². The highest BCUT2D eigenvalue weighted by Gasteiger charge is 2.59. The second kappa shape index (κ2) is 10.3. The Hall–Kier alpha value is -2.15. The Labute approximate surface area is 215 Å². The van der Waals surface area contributed by atoms with Gasteiger partial charge in [-0.25, -0.2) is 0 Å². The van der Waals surface area contributed by atoms with Crippen LogP contribution < -0.4 is 0 Å². The number of carbonyl (C=O) groups excluding carboxylic acids is 3. The highest BCUT2D eigenvalue weighted by molar-refractivity contribution is 5.72. The molecule has 202 valence electrons. The summed E-state index contributed by atoms with van der Waals surface area (Å²) in [6.45, 7) is 19.1. The Morgan fingerprint density at radius 1 is 1.11 bits per heavy atom. The predicted molar refractivity (Wildman–Crippen MR) is 136 cm³/mol. The summed E-state index contributed by atoms with van der Waals surface area (Å²) in [7, 11) is 0. The number of rotatable bonds is 5. The van der Waals surface area contributed by atoms with Crippen molar-refractivity contribution in [3.05, 3.63) is 23.3 Å². The molecule has 3 aliphatic rings. The summed E-state index contributed by atoms with van der Waals surface area (Å²) in [6.07, 6.45) is 0.343. The van der Waals surface area contributed by atoms with Crippen molar-refractivity contribution in [2.24, 2.45) is 28.6 Å². The number of hydrogen-bond acceptors (Lipinski definition) is 7. The van der Waals surface area contributed by atoms with E-state index in [0.717, 1.165) is 16.7 Å². The molecule has 2 fully saturated rings. The lowest BCUT2D eigenvalue weighted by Crippen LogP contribution is -2.59. The highest BCUT2D eigenvalue weighted by atomic mass is 16.6. The predicted octanol–water partition coefficient (Wildman–Crippen LogP) is 4.91. The van der Waals surface area contributed by atoms with E-state index in [9.17, 15) is 19.5 Å². The first-order valence-corrected chi connectivity index (χ1v) is 13.3. The summed E-state index contributed by atoms with van der Waals surface area (Å²) in [4.78, 5) is 37.0. The van der Waals surface area contributed by atoms with Crippen LogP contribution in [0.3, 0.4) is 0 Å². The second-order valence-corrected chi connectivity index (χ2v) is 12.0. The molecular weight excluding hydrogens is 460 g/mol. The van der Waals surface area contributed by atoms with Crippen molar-refractivity contribution in [1.82, 2.24) is 0 Å². The monoisotopic (exact) mass is 504 g/mol. The Morgan fingerprint density at radius 3 is 2.28 bits per heavy atom. The van der Waals surface area contributed by atoms with Crippen molar-refractivity contribution in [2.75, 3.05) is 0 Å². The van der Waals surface area contributed by atoms with Crippen LogP contribution in [0.15, 0.2) is 23.3 Å². The maximum Gasteiger partial charge on any atom is 0.308 e. The Balaban J connectivity index is 2.16. The lowest BCUT2D eigenvalue weighted by Gasteiger charge is -2.58. The first-order valence-electron chi connectivity index (χ1n) is 13.3. The summed E-state index contributed by atoms with van der Waals surface area (Å²) < 4.78 is 17.6. The highest BCUT2D eigenvalue weighted by Crippen LogP contribution is 2.60. The van der Waals surface area contributed by atoms with Gasteiger partial charge in [0, 0.05) is 31.6 Å². The molecule has 2 saturated carbocycles. The van der Waals surface area contributed by atoms with Crippen LogP contribution in [0, 0.1) is 28.6 Å². The van der Waals surface area contributed by atoms with Gasteiger partial charge in [-0.05, 0) is 55.1 Å². The van der Waals surface area contributed by atoms with Crippen LogP contribution in [0.5, 0.6) is 0 Å². The molecule has 0 aromatic carbocycles. The zero-order valence-corrected chi connectivity index (χ0v) is 23.2. The molecule has 0 radical (unpaired) electrons. The zero-order valence-electron chi connectivity index (χ0n) is 23.2. The first kappa shape index (κ1) is 28.4. The van der Waals surface area contributed by atoms with Gasteiger partial charge in [-0.2, -0.15) is 0 Å². The minimum atomic E-state index is -0.967. The van der Waals surface area contributed by atoms with E-state index >= 15 is 0 Å². The number of esters is 3. The standard InChI is InChI=1S/C29H44O7/c1-10-15(2)27(33)36-23-13-16(3)24-25(35-19(6)31)26(32)29(9)12-11-22(34-18(5)30)17(4)20(29)14-21(23)28(24,7)8/h15,20-23,25-26,32H,4,10-14H2,1-3,5-9H3/t15?,20-,21-,22+,23+,25-,26+,29-/m1/s1. The molecule has 2 bridgehead atoms. The van der Waals surface area contributed by atoms with Gasteiger partial charge in [0.2, 0.25) is 0 Å². The largest absolute Gasteiger partial charge is 0.461 e. The summed E-state index contributed by atoms with van der Waals surface area (Å²) >= 11 is 0. The van der Waals surface area contributed by atoms with Gasteiger partial charge >= 0.3 is 17.9 Å². The molecule has 3 rings (SSSR count). The molecule has 1 unspecified atom stereocenters. The van der Waals surface area contributed by atoms with Gasteiger partial charge < -0.3 is 19.3 Å². The van der Waals surface area contributed by atoms with Crippen LogP contribution >= 0.6 is 0 Å². The van der Waals surface area contributed by atoms with Crippen LogP contribution in [-0.2, 0) is 28.6 Å². The average Bonchev–Trinajstić information content (AvgIpc) is 2.77. The fourth-order valence-corrected chi connectivity index (χ4v) is 7.00. The second-order valence-electron chi connectivity index (χ2n) is 12.0. The summed E-state index contributed by atoms with van der Waals surface area (Å²) in [5, 5.41) is 11.9. The van der Waals surface area contributed by atoms with Crippen LogP contribution in [0.25, 0.3) is 0 Å². The number of aliphatic hydroxyl groups is 1. The maximum absolute atomic E-state index is 12.9. The fraction of sp³-hybridized carbons (Fsp3) is 0.759. The molecule has 7 nitrogen and oxygen atoms in total. The van der Waals surface area contributed by atoms with E-state index in [0.29, 0.717) is 32.1 Å². The lowest BCUT2D eigenvalue weighted by atomic mass is 9.50. The summed E-state index contributed by atoms with van der Waals surface area (Å²) in [6, 6.07) is 0. The van der Waals surface area contributed by atoms with Crippen LogP contribution in [-0.4, -0.2) is 47.4 Å². The van der Waals surface area contributed by atoms with Crippen molar-refractivity contribution >= 4 is 17.9 Å². The summed E-state index contributed by atoms with van der Waals surface area (Å²) in [5.74, 6) is -1.56. The molecule has 8 atom stereocenters. The number of aliphatic hydroxyl groups excluding tert-OH is 1. The third-order valence-corrected chi connectivity index (χ3v) is 9.26. The van der Waals surface area contributed by atoms with Gasteiger partial charge in [0.1, 0.15) is 24.4 Å². The molecule has 36 heavy (non-hydrogen) atoms. The minimum absolute atomic E-state index is 0.105. The van der Waals surface area contributed by atoms with Gasteiger partial charge in [0.25, 0.3) is 0 Å². The average molecular weight is 505 g/mol. The van der Waals surface area contributed by atoms with Crippen LogP contribution in [0.4, 0.5) is 0 Å². The van der Waals surface area contributed by atoms with E-state index in [4.69, 9.17) is 14.2 Å². The van der Waals surface area contributed by atoms with Gasteiger partial charge in [-0.1, -0.05) is 46.8 Å². The lowest BCUT2D eigenvalue weighted by molar-refractivity contribution is -0.175. The van der Waals surface area contributed by atoms with E-state index in [1.54, 1.807) is 0 Å². The third-order valence-electron chi connectivity index (χ3n) is 9.26. The summed E-state index contributed by atoms with van der Waals surface area (Å²) in [5.41, 5.74) is 1.46. The Morgan fingerprint density at radius 2 is 1.72 bits per heavy atom. The van der Waals surface area contributed by atoms with E-state index in [1.807, 2.05) is 27.7 Å². The van der Waals surface area contributed by atoms with E-state index in [1.165, 1.54) is 13.8 Å². The third kappa shape index (κ3) is 5.00. The van der Waals surface area contributed by atoms with Crippen LogP contribution in [0.2, 0.25) is 0 Å². The van der Waals surface area contributed by atoms with Gasteiger partial charge in [-0.3, -0.25) is 14.4 Å². The smallest absolute Gasteiger partial charge is 0.308 e. The van der Waals surface area contributed by atoms with Crippen molar-refractivity contribution in [3.63, 3.8) is 0 Å². The molecule has 0 heterocycles. The minimum Gasteiger partial charge on any atom is -0.461 e. The van der Waals surface area contributed by atoms with Crippen molar-refractivity contribution in [2.45, 2.75) is 112 Å². The van der Waals surface area contributed by atoms with Crippen LogP contribution in [0.1, 0.15) is 87.5 Å². The quantitative estimate of drug-likeness (QED) is 0.323. The molecule has 3 aliphatic carbocycles. The van der Waals surface area contributed by atoms with Gasteiger partial charge in [0.05, 0.1) is 5.92 Å². The maximum atomic E-state index is 12.9. The molecule has 7 heteroatoms. The Bertz CT molecular complexity index is 947. The molecule has 0 aromatic rings. The SMILES string of the molecule is C=C1[C@@H](OC(C)=O)CC[C@]2(C)[C@@H]1C[C@@H]1[C@@H](OC(=O)C(C)CC)CC(C)=C([C@@H](OC(C)=O)[C@@H]2O)C1(C)C. The normalized spacial score (nSPS) is 36.6. The van der Waals surface area contributed by atoms with Crippen molar-refractivity contribution in [1.29, 1.82) is 0 Å². The van der Waals surface area contributed by atoms with Crippen molar-refractivity contribution in [3.8, 4) is 0 Å². The van der Waals surface area contributed by atoms with E-state index in [2.05, 4.69) is 20.4 Å². The molecule has 0 aliphatic heterocycles. The Kier molecular flexibility index (Phi) is 8.14.